The zero-order chi connectivity index (χ0) is 18.2. The number of para-hydroxylation sites is 1. The Morgan fingerprint density at radius 3 is 2.21 bits per heavy atom. The second kappa shape index (κ2) is 13.1. The number of hydrogen-bond acceptors (Lipinski definition) is 3. The van der Waals surface area contributed by atoms with Gasteiger partial charge >= 0.3 is 0 Å². The molecule has 2 aromatic rings. The average molecular weight is 425 g/mol. The van der Waals surface area contributed by atoms with Gasteiger partial charge < -0.3 is 10.1 Å². The molecule has 1 aliphatic heterocycles. The smallest absolute Gasteiger partial charge is 0.124 e. The van der Waals surface area contributed by atoms with Crippen molar-refractivity contribution in [3.05, 3.63) is 65.7 Å². The molecule has 0 unspecified atom stereocenters. The third kappa shape index (κ3) is 7.29. The Hall–Kier alpha value is -1.26. The minimum atomic E-state index is 0. The number of rotatable bonds is 8. The Kier molecular flexibility index (Phi) is 11.6. The summed E-state index contributed by atoms with van der Waals surface area (Å²) in [6.45, 7) is 9.61. The molecule has 0 aliphatic carbocycles. The fourth-order valence-electron chi connectivity index (χ4n) is 3.64. The third-order valence-corrected chi connectivity index (χ3v) is 5.12. The van der Waals surface area contributed by atoms with Gasteiger partial charge in [-0.2, -0.15) is 0 Å². The van der Waals surface area contributed by atoms with E-state index in [1.807, 2.05) is 6.07 Å². The Labute approximate surface area is 182 Å². The van der Waals surface area contributed by atoms with E-state index in [1.165, 1.54) is 24.0 Å². The van der Waals surface area contributed by atoms with Crippen molar-refractivity contribution in [2.75, 3.05) is 26.2 Å². The third-order valence-electron chi connectivity index (χ3n) is 5.12. The molecule has 2 aromatic carbocycles. The number of piperazine rings is 1. The molecule has 1 heterocycles. The van der Waals surface area contributed by atoms with E-state index in [0.717, 1.165) is 37.8 Å². The first-order valence-corrected chi connectivity index (χ1v) is 9.94. The van der Waals surface area contributed by atoms with E-state index in [-0.39, 0.29) is 24.8 Å². The maximum atomic E-state index is 6.26. The van der Waals surface area contributed by atoms with Crippen molar-refractivity contribution < 1.29 is 4.74 Å². The van der Waals surface area contributed by atoms with Crippen LogP contribution in [0.15, 0.2) is 54.6 Å². The molecule has 3 nitrogen and oxygen atoms in total. The Morgan fingerprint density at radius 1 is 0.893 bits per heavy atom. The van der Waals surface area contributed by atoms with Crippen LogP contribution >= 0.6 is 24.8 Å². The number of nitrogens with zero attached hydrogens (tertiary/aromatic N) is 1. The second-order valence-corrected chi connectivity index (χ2v) is 7.59. The van der Waals surface area contributed by atoms with Gasteiger partial charge in [-0.15, -0.1) is 24.8 Å². The summed E-state index contributed by atoms with van der Waals surface area (Å²) in [6, 6.07) is 19.5. The number of halogens is 2. The highest BCUT2D eigenvalue weighted by Crippen LogP contribution is 2.34. The van der Waals surface area contributed by atoms with Crippen molar-refractivity contribution in [3.63, 3.8) is 0 Å². The number of ether oxygens (including phenoxy) is 1. The van der Waals surface area contributed by atoms with Gasteiger partial charge in [0.15, 0.2) is 0 Å². The zero-order valence-corrected chi connectivity index (χ0v) is 18.6. The van der Waals surface area contributed by atoms with Crippen LogP contribution in [0, 0.1) is 5.92 Å². The van der Waals surface area contributed by atoms with Crippen molar-refractivity contribution in [1.29, 1.82) is 0 Å². The zero-order valence-electron chi connectivity index (χ0n) is 17.0. The number of hydrogen-bond donors (Lipinski definition) is 1. The fourth-order valence-corrected chi connectivity index (χ4v) is 3.64. The van der Waals surface area contributed by atoms with Gasteiger partial charge in [0.25, 0.3) is 0 Å². The van der Waals surface area contributed by atoms with E-state index in [9.17, 15) is 0 Å². The van der Waals surface area contributed by atoms with Crippen LogP contribution in [0.2, 0.25) is 0 Å². The molecule has 0 radical (unpaired) electrons. The van der Waals surface area contributed by atoms with Crippen LogP contribution in [0.1, 0.15) is 43.9 Å². The van der Waals surface area contributed by atoms with Crippen molar-refractivity contribution in [2.45, 2.75) is 39.3 Å². The summed E-state index contributed by atoms with van der Waals surface area (Å²) >= 11 is 0. The maximum absolute atomic E-state index is 6.26. The Bertz CT molecular complexity index is 661. The Balaban J connectivity index is 0.00000196. The van der Waals surface area contributed by atoms with Crippen LogP contribution in [0.5, 0.6) is 5.75 Å². The summed E-state index contributed by atoms with van der Waals surface area (Å²) in [5.74, 6) is 1.75. The summed E-state index contributed by atoms with van der Waals surface area (Å²) in [5, 5.41) is 3.47. The van der Waals surface area contributed by atoms with Crippen LogP contribution in [-0.4, -0.2) is 31.1 Å². The second-order valence-electron chi connectivity index (χ2n) is 7.59. The molecule has 5 heteroatoms. The standard InChI is InChI=1S/C23H32N2O.2ClH/c1-19(2)12-13-22(25-16-14-24-15-17-25)21-10-6-7-11-23(21)26-18-20-8-4-3-5-9-20;;/h3-11,19,22,24H,12-18H2,1-2H3;2*1H/t22-;;/m0../s1. The van der Waals surface area contributed by atoms with Crippen LogP contribution < -0.4 is 10.1 Å². The number of nitrogens with one attached hydrogen (secondary N) is 1. The van der Waals surface area contributed by atoms with Crippen LogP contribution in [-0.2, 0) is 6.61 Å². The lowest BCUT2D eigenvalue weighted by Crippen LogP contribution is -2.45. The lowest BCUT2D eigenvalue weighted by Gasteiger charge is -2.36. The Morgan fingerprint density at radius 2 is 1.54 bits per heavy atom. The molecule has 1 aliphatic rings. The molecule has 0 saturated carbocycles. The highest BCUT2D eigenvalue weighted by molar-refractivity contribution is 5.85. The first-order chi connectivity index (χ1) is 12.7. The molecule has 0 amide bonds. The van der Waals surface area contributed by atoms with Gasteiger partial charge in [0.1, 0.15) is 12.4 Å². The van der Waals surface area contributed by atoms with E-state index in [2.05, 4.69) is 72.6 Å². The number of benzene rings is 2. The van der Waals surface area contributed by atoms with Gasteiger partial charge in [-0.3, -0.25) is 4.90 Å². The van der Waals surface area contributed by atoms with Crippen LogP contribution in [0.4, 0.5) is 0 Å². The van der Waals surface area contributed by atoms with E-state index in [1.54, 1.807) is 0 Å². The minimum absolute atomic E-state index is 0. The normalized spacial score (nSPS) is 15.4. The molecular formula is C23H34Cl2N2O. The molecular weight excluding hydrogens is 391 g/mol. The van der Waals surface area contributed by atoms with E-state index >= 15 is 0 Å². The molecule has 28 heavy (non-hydrogen) atoms. The van der Waals surface area contributed by atoms with Crippen molar-refractivity contribution in [1.82, 2.24) is 10.2 Å². The summed E-state index contributed by atoms with van der Waals surface area (Å²) < 4.78 is 6.26. The van der Waals surface area contributed by atoms with Crippen molar-refractivity contribution >= 4 is 24.8 Å². The fraction of sp³-hybridized carbons (Fsp3) is 0.478. The molecule has 0 aromatic heterocycles. The van der Waals surface area contributed by atoms with Gasteiger partial charge in [0.2, 0.25) is 0 Å². The van der Waals surface area contributed by atoms with Crippen molar-refractivity contribution in [3.8, 4) is 5.75 Å². The predicted molar refractivity (Wildman–Crippen MR) is 123 cm³/mol. The maximum Gasteiger partial charge on any atom is 0.124 e. The van der Waals surface area contributed by atoms with Gasteiger partial charge in [-0.05, 0) is 30.4 Å². The highest BCUT2D eigenvalue weighted by Gasteiger charge is 2.24. The average Bonchev–Trinajstić information content (AvgIpc) is 2.69. The SMILES string of the molecule is CC(C)CC[C@@H](c1ccccc1OCc1ccccc1)N1CCNCC1.Cl.Cl. The summed E-state index contributed by atoms with van der Waals surface area (Å²) in [5.41, 5.74) is 2.55. The molecule has 0 bridgehead atoms. The monoisotopic (exact) mass is 424 g/mol. The topological polar surface area (TPSA) is 24.5 Å². The molecule has 3 rings (SSSR count). The predicted octanol–water partition coefficient (Wildman–Crippen LogP) is 5.49. The van der Waals surface area contributed by atoms with Crippen LogP contribution in [0.25, 0.3) is 0 Å². The van der Waals surface area contributed by atoms with Crippen molar-refractivity contribution in [2.24, 2.45) is 5.92 Å². The largest absolute Gasteiger partial charge is 0.489 e. The molecule has 1 atom stereocenters. The highest BCUT2D eigenvalue weighted by atomic mass is 35.5. The summed E-state index contributed by atoms with van der Waals surface area (Å²) in [4.78, 5) is 2.63. The van der Waals surface area contributed by atoms with Crippen LogP contribution in [0.3, 0.4) is 0 Å². The molecule has 0 spiro atoms. The molecule has 1 fully saturated rings. The quantitative estimate of drug-likeness (QED) is 0.605. The van der Waals surface area contributed by atoms with Gasteiger partial charge in [0.05, 0.1) is 0 Å². The van der Waals surface area contributed by atoms with E-state index < -0.39 is 0 Å². The first kappa shape index (κ1) is 24.8. The van der Waals surface area contributed by atoms with Gasteiger partial charge in [-0.25, -0.2) is 0 Å². The van der Waals surface area contributed by atoms with Gasteiger partial charge in [0, 0.05) is 37.8 Å². The van der Waals surface area contributed by atoms with E-state index in [0.29, 0.717) is 12.6 Å². The summed E-state index contributed by atoms with van der Waals surface area (Å²) in [7, 11) is 0. The minimum Gasteiger partial charge on any atom is -0.489 e. The first-order valence-electron chi connectivity index (χ1n) is 9.94. The van der Waals surface area contributed by atoms with E-state index in [4.69, 9.17) is 4.74 Å². The lowest BCUT2D eigenvalue weighted by molar-refractivity contribution is 0.155. The molecule has 1 N–H and O–H groups in total. The molecule has 156 valence electrons. The van der Waals surface area contributed by atoms with Gasteiger partial charge in [-0.1, -0.05) is 62.4 Å². The summed E-state index contributed by atoms with van der Waals surface area (Å²) in [6.07, 6.45) is 2.42. The molecule has 1 saturated heterocycles. The lowest BCUT2D eigenvalue weighted by atomic mass is 9.95.